The fourth-order valence-electron chi connectivity index (χ4n) is 3.89. The predicted molar refractivity (Wildman–Crippen MR) is 108 cm³/mol. The molecule has 3 rings (SSSR count). The first-order chi connectivity index (χ1) is 13.2. The molecule has 5 heteroatoms. The fraction of sp³-hybridized carbons (Fsp3) is 0.348. The van der Waals surface area contributed by atoms with Crippen molar-refractivity contribution in [3.63, 3.8) is 0 Å². The second-order valence-corrected chi connectivity index (χ2v) is 7.45. The Balaban J connectivity index is 1.77. The van der Waals surface area contributed by atoms with E-state index in [2.05, 4.69) is 0 Å². The van der Waals surface area contributed by atoms with Crippen LogP contribution in [0.3, 0.4) is 0 Å². The molecule has 0 fully saturated rings. The fourth-order valence-corrected chi connectivity index (χ4v) is 3.89. The van der Waals surface area contributed by atoms with Crippen molar-refractivity contribution in [2.24, 2.45) is 0 Å². The van der Waals surface area contributed by atoms with E-state index in [9.17, 15) is 14.4 Å². The number of amides is 1. The Labute approximate surface area is 165 Å². The van der Waals surface area contributed by atoms with Gasteiger partial charge in [-0.25, -0.2) is 4.79 Å². The molecular formula is C23H25NO4. The van der Waals surface area contributed by atoms with Crippen LogP contribution in [0.1, 0.15) is 56.8 Å². The minimum Gasteiger partial charge on any atom is -0.451 e. The third-order valence-corrected chi connectivity index (χ3v) is 5.17. The van der Waals surface area contributed by atoms with E-state index >= 15 is 0 Å². The molecule has 0 saturated heterocycles. The average Bonchev–Trinajstić information content (AvgIpc) is 3.03. The van der Waals surface area contributed by atoms with E-state index in [0.29, 0.717) is 24.1 Å². The molecule has 0 bridgehead atoms. The smallest absolute Gasteiger partial charge is 0.339 e. The van der Waals surface area contributed by atoms with E-state index < -0.39 is 12.1 Å². The van der Waals surface area contributed by atoms with Crippen molar-refractivity contribution in [3.8, 4) is 0 Å². The van der Waals surface area contributed by atoms with Gasteiger partial charge < -0.3 is 9.64 Å². The first kappa shape index (κ1) is 19.8. The van der Waals surface area contributed by atoms with Gasteiger partial charge in [0, 0.05) is 24.7 Å². The minimum absolute atomic E-state index is 0.0102. The van der Waals surface area contributed by atoms with Gasteiger partial charge in [-0.1, -0.05) is 17.7 Å². The van der Waals surface area contributed by atoms with E-state index in [4.69, 9.17) is 4.74 Å². The third kappa shape index (κ3) is 3.70. The highest BCUT2D eigenvalue weighted by atomic mass is 16.5. The number of anilines is 1. The molecule has 0 aromatic heterocycles. The van der Waals surface area contributed by atoms with Crippen molar-refractivity contribution < 1.29 is 19.1 Å². The summed E-state index contributed by atoms with van der Waals surface area (Å²) in [4.78, 5) is 38.8. The Bertz CT molecular complexity index is 954. The van der Waals surface area contributed by atoms with E-state index in [1.807, 2.05) is 32.9 Å². The number of esters is 1. The molecule has 0 spiro atoms. The largest absolute Gasteiger partial charge is 0.451 e. The summed E-state index contributed by atoms with van der Waals surface area (Å²) in [6.07, 6.45) is -0.178. The SMILES string of the molecule is CC(=O)N1CCc2cc(C(=O)C(C)OC(=O)c3c(C)cc(C)cc3C)ccc21. The van der Waals surface area contributed by atoms with Gasteiger partial charge in [-0.05, 0) is 69.0 Å². The number of rotatable bonds is 4. The highest BCUT2D eigenvalue weighted by Gasteiger charge is 2.26. The van der Waals surface area contributed by atoms with Crippen LogP contribution >= 0.6 is 0 Å². The monoisotopic (exact) mass is 379 g/mol. The summed E-state index contributed by atoms with van der Waals surface area (Å²) in [6.45, 7) is 9.45. The number of carbonyl (C=O) groups excluding carboxylic acids is 3. The predicted octanol–water partition coefficient (Wildman–Crippen LogP) is 3.95. The molecule has 1 atom stereocenters. The van der Waals surface area contributed by atoms with Gasteiger partial charge in [-0.15, -0.1) is 0 Å². The van der Waals surface area contributed by atoms with Crippen molar-refractivity contribution >= 4 is 23.3 Å². The second kappa shape index (κ2) is 7.58. The van der Waals surface area contributed by atoms with Crippen LogP contribution in [0.25, 0.3) is 0 Å². The number of nitrogens with zero attached hydrogens (tertiary/aromatic N) is 1. The Morgan fingerprint density at radius 1 is 1.04 bits per heavy atom. The van der Waals surface area contributed by atoms with Crippen LogP contribution in [0.4, 0.5) is 5.69 Å². The zero-order valence-corrected chi connectivity index (χ0v) is 17.0. The zero-order valence-electron chi connectivity index (χ0n) is 17.0. The van der Waals surface area contributed by atoms with Crippen LogP contribution in [0.15, 0.2) is 30.3 Å². The summed E-state index contributed by atoms with van der Waals surface area (Å²) in [5.74, 6) is -0.747. The Morgan fingerprint density at radius 2 is 1.68 bits per heavy atom. The summed E-state index contributed by atoms with van der Waals surface area (Å²) < 4.78 is 5.48. The van der Waals surface area contributed by atoms with Crippen LogP contribution in [-0.2, 0) is 16.0 Å². The van der Waals surface area contributed by atoms with Crippen molar-refractivity contribution in [1.82, 2.24) is 0 Å². The molecule has 1 aliphatic rings. The number of benzene rings is 2. The lowest BCUT2D eigenvalue weighted by Crippen LogP contribution is -2.26. The lowest BCUT2D eigenvalue weighted by Gasteiger charge is -2.17. The number of fused-ring (bicyclic) bond motifs is 1. The lowest BCUT2D eigenvalue weighted by molar-refractivity contribution is -0.116. The van der Waals surface area contributed by atoms with Crippen LogP contribution in [-0.4, -0.2) is 30.3 Å². The van der Waals surface area contributed by atoms with Crippen LogP contribution in [0.5, 0.6) is 0 Å². The number of aryl methyl sites for hydroxylation is 3. The normalized spacial score (nSPS) is 13.8. The van der Waals surface area contributed by atoms with Gasteiger partial charge in [0.25, 0.3) is 0 Å². The molecule has 0 aliphatic carbocycles. The number of ether oxygens (including phenoxy) is 1. The van der Waals surface area contributed by atoms with Crippen LogP contribution in [0, 0.1) is 20.8 Å². The van der Waals surface area contributed by atoms with E-state index in [1.165, 1.54) is 6.92 Å². The summed E-state index contributed by atoms with van der Waals surface area (Å²) in [5.41, 5.74) is 5.56. The van der Waals surface area contributed by atoms with E-state index in [-0.39, 0.29) is 11.7 Å². The topological polar surface area (TPSA) is 63.7 Å². The maximum Gasteiger partial charge on any atom is 0.339 e. The van der Waals surface area contributed by atoms with Gasteiger partial charge in [-0.3, -0.25) is 9.59 Å². The molecule has 0 saturated carbocycles. The Morgan fingerprint density at radius 3 is 2.29 bits per heavy atom. The average molecular weight is 379 g/mol. The van der Waals surface area contributed by atoms with E-state index in [0.717, 1.165) is 27.9 Å². The molecule has 5 nitrogen and oxygen atoms in total. The maximum absolute atomic E-state index is 12.8. The zero-order chi connectivity index (χ0) is 20.6. The van der Waals surface area contributed by atoms with Crippen LogP contribution in [0.2, 0.25) is 0 Å². The molecule has 1 amide bonds. The Hall–Kier alpha value is -2.95. The highest BCUT2D eigenvalue weighted by Crippen LogP contribution is 2.29. The number of Topliss-reactive ketones (excluding diaryl/α,β-unsaturated/α-hetero) is 1. The molecule has 1 unspecified atom stereocenters. The van der Waals surface area contributed by atoms with Gasteiger partial charge in [0.05, 0.1) is 5.56 Å². The third-order valence-electron chi connectivity index (χ3n) is 5.17. The quantitative estimate of drug-likeness (QED) is 0.596. The number of ketones is 1. The molecule has 0 N–H and O–H groups in total. The highest BCUT2D eigenvalue weighted by molar-refractivity contribution is 6.03. The summed E-state index contributed by atoms with van der Waals surface area (Å²) >= 11 is 0. The summed E-state index contributed by atoms with van der Waals surface area (Å²) in [6, 6.07) is 9.14. The molecule has 146 valence electrons. The summed E-state index contributed by atoms with van der Waals surface area (Å²) in [7, 11) is 0. The van der Waals surface area contributed by atoms with Crippen molar-refractivity contribution in [2.75, 3.05) is 11.4 Å². The van der Waals surface area contributed by atoms with Crippen molar-refractivity contribution in [3.05, 3.63) is 63.7 Å². The van der Waals surface area contributed by atoms with Gasteiger partial charge in [0.2, 0.25) is 11.7 Å². The van der Waals surface area contributed by atoms with Gasteiger partial charge >= 0.3 is 5.97 Å². The number of hydrogen-bond acceptors (Lipinski definition) is 4. The molecule has 1 aliphatic heterocycles. The molecule has 1 heterocycles. The second-order valence-electron chi connectivity index (χ2n) is 7.45. The molecule has 2 aromatic carbocycles. The summed E-state index contributed by atoms with van der Waals surface area (Å²) in [5, 5.41) is 0. The molecule has 0 radical (unpaired) electrons. The number of carbonyl (C=O) groups is 3. The first-order valence-electron chi connectivity index (χ1n) is 9.43. The molecular weight excluding hydrogens is 354 g/mol. The minimum atomic E-state index is -0.893. The van der Waals surface area contributed by atoms with E-state index in [1.54, 1.807) is 30.0 Å². The maximum atomic E-state index is 12.8. The first-order valence-corrected chi connectivity index (χ1v) is 9.43. The number of hydrogen-bond donors (Lipinski definition) is 0. The van der Waals surface area contributed by atoms with Gasteiger partial charge in [-0.2, -0.15) is 0 Å². The van der Waals surface area contributed by atoms with Gasteiger partial charge in [0.1, 0.15) is 0 Å². The molecule has 28 heavy (non-hydrogen) atoms. The van der Waals surface area contributed by atoms with Crippen LogP contribution < -0.4 is 4.90 Å². The standard InChI is InChI=1S/C23H25NO4/c1-13-10-14(2)21(15(3)11-13)23(27)28-16(4)22(26)19-6-7-20-18(12-19)8-9-24(20)17(5)25/h6-7,10-12,16H,8-9H2,1-5H3. The molecule has 2 aromatic rings. The van der Waals surface area contributed by atoms with Gasteiger partial charge in [0.15, 0.2) is 6.10 Å². The Kier molecular flexibility index (Phi) is 5.36. The lowest BCUT2D eigenvalue weighted by atomic mass is 9.99. The van der Waals surface area contributed by atoms with Crippen molar-refractivity contribution in [1.29, 1.82) is 0 Å². The van der Waals surface area contributed by atoms with Crippen molar-refractivity contribution in [2.45, 2.75) is 47.1 Å².